The molecule has 0 radical (unpaired) electrons. The summed E-state index contributed by atoms with van der Waals surface area (Å²) < 4.78 is 5.80. The normalized spacial score (nSPS) is 21.7. The molecule has 1 fully saturated rings. The van der Waals surface area contributed by atoms with Crippen LogP contribution in [0.1, 0.15) is 37.7 Å². The van der Waals surface area contributed by atoms with Gasteiger partial charge in [0.05, 0.1) is 17.9 Å². The van der Waals surface area contributed by atoms with Crippen molar-refractivity contribution in [3.63, 3.8) is 0 Å². The topological polar surface area (TPSA) is 108 Å². The molecule has 2 atom stereocenters. The lowest BCUT2D eigenvalue weighted by Gasteiger charge is -2.31. The van der Waals surface area contributed by atoms with Crippen molar-refractivity contribution in [1.29, 1.82) is 0 Å². The largest absolute Gasteiger partial charge is 0.491 e. The van der Waals surface area contributed by atoms with Gasteiger partial charge < -0.3 is 26.1 Å². The minimum absolute atomic E-state index is 0.188. The highest BCUT2D eigenvalue weighted by molar-refractivity contribution is 6.31. The van der Waals surface area contributed by atoms with Crippen LogP contribution in [0.25, 0.3) is 0 Å². The summed E-state index contributed by atoms with van der Waals surface area (Å²) in [6.45, 7) is 0.867. The second-order valence-corrected chi connectivity index (χ2v) is 9.13. The van der Waals surface area contributed by atoms with Gasteiger partial charge in [0.25, 0.3) is 0 Å². The lowest BCUT2D eigenvalue weighted by Crippen LogP contribution is -2.39. The predicted molar refractivity (Wildman–Crippen MR) is 126 cm³/mol. The number of primary amides is 1. The third-order valence-electron chi connectivity index (χ3n) is 5.69. The number of nitrogens with one attached hydrogen (secondary N) is 1. The van der Waals surface area contributed by atoms with Crippen LogP contribution < -0.4 is 15.8 Å². The minimum atomic E-state index is -0.897. The Hall–Kier alpha value is -2.03. The molecule has 2 unspecified atom stereocenters. The van der Waals surface area contributed by atoms with E-state index in [9.17, 15) is 15.1 Å². The van der Waals surface area contributed by atoms with E-state index in [1.54, 1.807) is 18.2 Å². The quantitative estimate of drug-likeness (QED) is 0.402. The molecule has 0 aromatic heterocycles. The fourth-order valence-electron chi connectivity index (χ4n) is 4.14. The number of hydrogen-bond acceptors (Lipinski definition) is 5. The summed E-state index contributed by atoms with van der Waals surface area (Å²) in [5.41, 5.74) is 5.76. The van der Waals surface area contributed by atoms with E-state index in [0.717, 1.165) is 5.56 Å². The van der Waals surface area contributed by atoms with Gasteiger partial charge in [-0.3, -0.25) is 0 Å². The molecule has 7 nitrogen and oxygen atoms in total. The molecule has 1 saturated heterocycles. The first-order chi connectivity index (χ1) is 15.2. The van der Waals surface area contributed by atoms with E-state index in [-0.39, 0.29) is 6.04 Å². The van der Waals surface area contributed by atoms with Crippen LogP contribution in [-0.2, 0) is 6.42 Å². The van der Waals surface area contributed by atoms with Gasteiger partial charge in [-0.15, -0.1) is 0 Å². The molecular formula is C23H29Cl2N3O4. The Labute approximate surface area is 198 Å². The average Bonchev–Trinajstić information content (AvgIpc) is 2.86. The smallest absolute Gasteiger partial charge is 0.316 e. The van der Waals surface area contributed by atoms with Crippen LogP contribution in [0.5, 0.6) is 5.75 Å². The summed E-state index contributed by atoms with van der Waals surface area (Å²) in [6, 6.07) is 11.6. The second kappa shape index (κ2) is 11.2. The van der Waals surface area contributed by atoms with Crippen molar-refractivity contribution in [2.24, 2.45) is 5.73 Å². The van der Waals surface area contributed by atoms with Crippen LogP contribution in [0.3, 0.4) is 0 Å². The highest BCUT2D eigenvalue weighted by Gasteiger charge is 2.35. The van der Waals surface area contributed by atoms with Gasteiger partial charge in [-0.1, -0.05) is 35.3 Å². The van der Waals surface area contributed by atoms with E-state index in [0.29, 0.717) is 73.2 Å². The van der Waals surface area contributed by atoms with E-state index in [4.69, 9.17) is 33.7 Å². The lowest BCUT2D eigenvalue weighted by atomic mass is 9.85. The molecule has 0 spiro atoms. The first-order valence-corrected chi connectivity index (χ1v) is 11.4. The number of hydrogen-bond donors (Lipinski definition) is 4. The molecule has 2 aromatic rings. The highest BCUT2D eigenvalue weighted by Crippen LogP contribution is 2.32. The molecule has 9 heteroatoms. The first kappa shape index (κ1) is 24.6. The van der Waals surface area contributed by atoms with Crippen molar-refractivity contribution < 1.29 is 19.8 Å². The predicted octanol–water partition coefficient (Wildman–Crippen LogP) is 4.86. The van der Waals surface area contributed by atoms with Crippen molar-refractivity contribution in [1.82, 2.24) is 5.06 Å². The molecular weight excluding hydrogens is 453 g/mol. The third kappa shape index (κ3) is 7.25. The SMILES string of the molecule is NC(=O)Nc1cc(Cl)ccc1OCCCC1(O)CCCN(O)C(Cc2ccc(Cl)cc2)C1. The van der Waals surface area contributed by atoms with Crippen molar-refractivity contribution in [3.05, 3.63) is 58.1 Å². The Kier molecular flexibility index (Phi) is 8.62. The van der Waals surface area contributed by atoms with Crippen LogP contribution in [0.15, 0.2) is 42.5 Å². The van der Waals surface area contributed by atoms with Crippen LogP contribution >= 0.6 is 23.2 Å². The van der Waals surface area contributed by atoms with E-state index >= 15 is 0 Å². The monoisotopic (exact) mass is 481 g/mol. The molecule has 1 aliphatic heterocycles. The fourth-order valence-corrected chi connectivity index (χ4v) is 4.44. The maximum Gasteiger partial charge on any atom is 0.316 e. The van der Waals surface area contributed by atoms with Crippen LogP contribution in [-0.4, -0.2) is 46.2 Å². The number of benzene rings is 2. The number of nitrogens with two attached hydrogens (primary N) is 1. The molecule has 174 valence electrons. The lowest BCUT2D eigenvalue weighted by molar-refractivity contribution is -0.132. The number of rotatable bonds is 8. The fraction of sp³-hybridized carbons (Fsp3) is 0.435. The zero-order valence-corrected chi connectivity index (χ0v) is 19.3. The van der Waals surface area contributed by atoms with E-state index in [1.165, 1.54) is 5.06 Å². The summed E-state index contributed by atoms with van der Waals surface area (Å²) in [4.78, 5) is 11.2. The number of amides is 2. The average molecular weight is 482 g/mol. The van der Waals surface area contributed by atoms with Gasteiger partial charge >= 0.3 is 6.03 Å². The maximum atomic E-state index is 11.3. The number of anilines is 1. The number of aliphatic hydroxyl groups is 1. The zero-order valence-electron chi connectivity index (χ0n) is 17.8. The molecule has 0 saturated carbocycles. The number of carbonyl (C=O) groups excluding carboxylic acids is 1. The van der Waals surface area contributed by atoms with Gasteiger partial charge in [-0.2, -0.15) is 5.06 Å². The molecule has 0 bridgehead atoms. The van der Waals surface area contributed by atoms with Crippen molar-refractivity contribution in [2.45, 2.75) is 50.2 Å². The van der Waals surface area contributed by atoms with Gasteiger partial charge in [0.2, 0.25) is 0 Å². The Morgan fingerprint density at radius 1 is 1.22 bits per heavy atom. The molecule has 2 aromatic carbocycles. The number of ether oxygens (including phenoxy) is 1. The van der Waals surface area contributed by atoms with E-state index in [1.807, 2.05) is 24.3 Å². The summed E-state index contributed by atoms with van der Waals surface area (Å²) in [7, 11) is 0. The molecule has 2 amide bonds. The number of halogens is 2. The standard InChI is InChI=1S/C23H29Cl2N3O4/c24-17-5-3-16(4-6-17)13-19-15-23(30,9-1-11-28(19)31)10-2-12-32-21-8-7-18(25)14-20(21)27-22(26)29/h3-8,14,19,30-31H,1-2,9-13,15H2,(H3,26,27,29). The van der Waals surface area contributed by atoms with E-state index in [2.05, 4.69) is 5.32 Å². The molecule has 32 heavy (non-hydrogen) atoms. The van der Waals surface area contributed by atoms with Crippen LogP contribution in [0.2, 0.25) is 10.0 Å². The Morgan fingerprint density at radius 2 is 1.94 bits per heavy atom. The van der Waals surface area contributed by atoms with Crippen molar-refractivity contribution in [2.75, 3.05) is 18.5 Å². The number of carbonyl (C=O) groups is 1. The van der Waals surface area contributed by atoms with Gasteiger partial charge in [0.1, 0.15) is 5.75 Å². The second-order valence-electron chi connectivity index (χ2n) is 8.26. The summed E-state index contributed by atoms with van der Waals surface area (Å²) in [5.74, 6) is 0.461. The summed E-state index contributed by atoms with van der Waals surface area (Å²) in [6.07, 6.45) is 3.53. The van der Waals surface area contributed by atoms with Gasteiger partial charge in [-0.05, 0) is 74.4 Å². The van der Waals surface area contributed by atoms with Gasteiger partial charge in [0.15, 0.2) is 0 Å². The van der Waals surface area contributed by atoms with Gasteiger partial charge in [0, 0.05) is 22.6 Å². The van der Waals surface area contributed by atoms with E-state index < -0.39 is 11.6 Å². The summed E-state index contributed by atoms with van der Waals surface area (Å²) >= 11 is 11.9. The van der Waals surface area contributed by atoms with Crippen molar-refractivity contribution in [3.8, 4) is 5.75 Å². The first-order valence-electron chi connectivity index (χ1n) is 10.7. The molecule has 0 aliphatic carbocycles. The third-order valence-corrected chi connectivity index (χ3v) is 6.18. The zero-order chi connectivity index (χ0) is 23.1. The summed E-state index contributed by atoms with van der Waals surface area (Å²) in [5, 5.41) is 26.7. The molecule has 5 N–H and O–H groups in total. The molecule has 1 aliphatic rings. The molecule has 1 heterocycles. The minimum Gasteiger partial charge on any atom is -0.491 e. The molecule has 3 rings (SSSR count). The Bertz CT molecular complexity index is 913. The highest BCUT2D eigenvalue weighted by atomic mass is 35.5. The number of nitrogens with zero attached hydrogens (tertiary/aromatic N) is 1. The van der Waals surface area contributed by atoms with Gasteiger partial charge in [-0.25, -0.2) is 4.79 Å². The number of hydroxylamine groups is 2. The Morgan fingerprint density at radius 3 is 2.66 bits per heavy atom. The van der Waals surface area contributed by atoms with Crippen LogP contribution in [0, 0.1) is 0 Å². The Balaban J connectivity index is 1.56. The number of urea groups is 1. The maximum absolute atomic E-state index is 11.3. The van der Waals surface area contributed by atoms with Crippen molar-refractivity contribution >= 4 is 34.9 Å². The van der Waals surface area contributed by atoms with Crippen LogP contribution in [0.4, 0.5) is 10.5 Å².